The highest BCUT2D eigenvalue weighted by atomic mass is 32.2. The summed E-state index contributed by atoms with van der Waals surface area (Å²) in [5.41, 5.74) is 5.51. The third-order valence-electron chi connectivity index (χ3n) is 2.04. The number of aromatic nitrogens is 3. The first kappa shape index (κ1) is 11.4. The summed E-state index contributed by atoms with van der Waals surface area (Å²) in [4.78, 5) is 3.66. The van der Waals surface area contributed by atoms with E-state index in [0.717, 1.165) is 0 Å². The smallest absolute Gasteiger partial charge is 0.266 e. The van der Waals surface area contributed by atoms with Gasteiger partial charge >= 0.3 is 0 Å². The number of hydrogen-bond acceptors (Lipinski definition) is 5. The first-order chi connectivity index (χ1) is 7.99. The molecule has 2 heterocycles. The van der Waals surface area contributed by atoms with E-state index in [-0.39, 0.29) is 16.5 Å². The van der Waals surface area contributed by atoms with Crippen molar-refractivity contribution in [2.45, 2.75) is 4.90 Å². The van der Waals surface area contributed by atoms with Gasteiger partial charge in [0.05, 0.1) is 0 Å². The van der Waals surface area contributed by atoms with Gasteiger partial charge in [-0.15, -0.1) is 0 Å². The van der Waals surface area contributed by atoms with Crippen LogP contribution in [0, 0.1) is 0 Å². The van der Waals surface area contributed by atoms with Crippen molar-refractivity contribution in [2.24, 2.45) is 7.05 Å². The lowest BCUT2D eigenvalue weighted by Gasteiger charge is -2.06. The van der Waals surface area contributed by atoms with Gasteiger partial charge in [-0.3, -0.25) is 9.40 Å². The van der Waals surface area contributed by atoms with Crippen molar-refractivity contribution in [3.63, 3.8) is 0 Å². The van der Waals surface area contributed by atoms with E-state index >= 15 is 0 Å². The van der Waals surface area contributed by atoms with E-state index in [2.05, 4.69) is 14.8 Å². The molecular weight excluding hydrogens is 242 g/mol. The Morgan fingerprint density at radius 1 is 1.41 bits per heavy atom. The Labute approximate surface area is 98.3 Å². The fraction of sp³-hybridized carbons (Fsp3) is 0.111. The van der Waals surface area contributed by atoms with Crippen LogP contribution in [0.1, 0.15) is 0 Å². The molecule has 0 saturated carbocycles. The molecule has 0 aromatic carbocycles. The number of anilines is 2. The monoisotopic (exact) mass is 253 g/mol. The maximum absolute atomic E-state index is 12.0. The molecule has 0 radical (unpaired) electrons. The molecule has 0 aliphatic heterocycles. The zero-order chi connectivity index (χ0) is 12.5. The van der Waals surface area contributed by atoms with E-state index in [1.807, 2.05) is 0 Å². The molecular formula is C9H11N5O2S. The molecule has 0 fully saturated rings. The van der Waals surface area contributed by atoms with Gasteiger partial charge in [0.1, 0.15) is 10.7 Å². The van der Waals surface area contributed by atoms with Crippen LogP contribution in [0.5, 0.6) is 0 Å². The molecule has 2 aromatic rings. The van der Waals surface area contributed by atoms with E-state index in [9.17, 15) is 8.42 Å². The van der Waals surface area contributed by atoms with Gasteiger partial charge in [-0.25, -0.2) is 13.4 Å². The summed E-state index contributed by atoms with van der Waals surface area (Å²) in [6.07, 6.45) is 3.06. The number of nitrogen functional groups attached to an aromatic ring is 1. The lowest BCUT2D eigenvalue weighted by atomic mass is 10.5. The highest BCUT2D eigenvalue weighted by Gasteiger charge is 2.18. The van der Waals surface area contributed by atoms with Gasteiger partial charge in [-0.05, 0) is 12.1 Å². The number of nitrogens with two attached hydrogens (primary N) is 1. The first-order valence-electron chi connectivity index (χ1n) is 4.72. The number of sulfonamides is 1. The van der Waals surface area contributed by atoms with Crippen molar-refractivity contribution in [1.29, 1.82) is 0 Å². The van der Waals surface area contributed by atoms with Crippen LogP contribution in [0.3, 0.4) is 0 Å². The largest absolute Gasteiger partial charge is 0.383 e. The molecule has 90 valence electrons. The van der Waals surface area contributed by atoms with E-state index in [4.69, 9.17) is 5.73 Å². The first-order valence-corrected chi connectivity index (χ1v) is 6.20. The second-order valence-corrected chi connectivity index (χ2v) is 5.02. The molecule has 0 atom stereocenters. The van der Waals surface area contributed by atoms with Gasteiger partial charge in [0.25, 0.3) is 10.0 Å². The molecule has 8 heteroatoms. The van der Waals surface area contributed by atoms with Crippen molar-refractivity contribution >= 4 is 21.7 Å². The highest BCUT2D eigenvalue weighted by Crippen LogP contribution is 2.17. The van der Waals surface area contributed by atoms with Gasteiger partial charge in [0, 0.05) is 25.5 Å². The second-order valence-electron chi connectivity index (χ2n) is 3.37. The van der Waals surface area contributed by atoms with Gasteiger partial charge in [-0.2, -0.15) is 5.10 Å². The quantitative estimate of drug-likeness (QED) is 0.813. The standard InChI is InChI=1S/C9H11N5O2S/c1-14-6-4-8(12-14)13-17(15,16)7-3-2-5-11-9(7)10/h2-6H,1H3,(H2,10,11)(H,12,13). The molecule has 0 unspecified atom stereocenters. The Morgan fingerprint density at radius 3 is 2.76 bits per heavy atom. The average Bonchev–Trinajstić information content (AvgIpc) is 2.63. The molecule has 2 rings (SSSR count). The molecule has 0 bridgehead atoms. The fourth-order valence-electron chi connectivity index (χ4n) is 1.29. The van der Waals surface area contributed by atoms with E-state index in [1.165, 1.54) is 23.0 Å². The number of hydrogen-bond donors (Lipinski definition) is 2. The Kier molecular flexibility index (Phi) is 2.72. The lowest BCUT2D eigenvalue weighted by Crippen LogP contribution is -2.15. The molecule has 0 spiro atoms. The Morgan fingerprint density at radius 2 is 2.18 bits per heavy atom. The van der Waals surface area contributed by atoms with Crippen molar-refractivity contribution in [3.8, 4) is 0 Å². The minimum atomic E-state index is -3.74. The summed E-state index contributed by atoms with van der Waals surface area (Å²) in [6.45, 7) is 0. The molecule has 0 aliphatic carbocycles. The molecule has 7 nitrogen and oxygen atoms in total. The van der Waals surface area contributed by atoms with E-state index < -0.39 is 10.0 Å². The van der Waals surface area contributed by atoms with Gasteiger partial charge in [0.2, 0.25) is 0 Å². The summed E-state index contributed by atoms with van der Waals surface area (Å²) in [7, 11) is -2.05. The van der Waals surface area contributed by atoms with Crippen LogP contribution >= 0.6 is 0 Å². The summed E-state index contributed by atoms with van der Waals surface area (Å²) in [6, 6.07) is 4.43. The molecule has 0 aliphatic rings. The zero-order valence-electron chi connectivity index (χ0n) is 9.03. The molecule has 0 saturated heterocycles. The average molecular weight is 253 g/mol. The normalized spacial score (nSPS) is 11.4. The molecule has 3 N–H and O–H groups in total. The molecule has 0 amide bonds. The predicted octanol–water partition coefficient (Wildman–Crippen LogP) is 0.198. The van der Waals surface area contributed by atoms with Crippen LogP contribution in [0.15, 0.2) is 35.5 Å². The van der Waals surface area contributed by atoms with Gasteiger partial charge < -0.3 is 5.73 Å². The number of aryl methyl sites for hydroxylation is 1. The Bertz CT molecular complexity index is 634. The van der Waals surface area contributed by atoms with Crippen molar-refractivity contribution in [2.75, 3.05) is 10.5 Å². The fourth-order valence-corrected chi connectivity index (χ4v) is 2.37. The summed E-state index contributed by atoms with van der Waals surface area (Å²) in [5.74, 6) is 0.187. The topological polar surface area (TPSA) is 103 Å². The van der Waals surface area contributed by atoms with Crippen LogP contribution in [0.2, 0.25) is 0 Å². The van der Waals surface area contributed by atoms with Crippen molar-refractivity contribution in [1.82, 2.24) is 14.8 Å². The summed E-state index contributed by atoms with van der Waals surface area (Å²) in [5, 5.41) is 3.92. The third-order valence-corrected chi connectivity index (χ3v) is 3.44. The van der Waals surface area contributed by atoms with Crippen LogP contribution in [-0.4, -0.2) is 23.2 Å². The number of pyridine rings is 1. The molecule has 2 aromatic heterocycles. The minimum Gasteiger partial charge on any atom is -0.383 e. The lowest BCUT2D eigenvalue weighted by molar-refractivity contribution is 0.601. The van der Waals surface area contributed by atoms with Crippen LogP contribution in [0.4, 0.5) is 11.6 Å². The SMILES string of the molecule is Cn1ccc(NS(=O)(=O)c2cccnc2N)n1. The Balaban J connectivity index is 2.35. The van der Waals surface area contributed by atoms with Crippen molar-refractivity contribution < 1.29 is 8.42 Å². The zero-order valence-corrected chi connectivity index (χ0v) is 9.85. The third kappa shape index (κ3) is 2.36. The minimum absolute atomic E-state index is 0.0454. The van der Waals surface area contributed by atoms with E-state index in [1.54, 1.807) is 19.3 Å². The van der Waals surface area contributed by atoms with Crippen LogP contribution in [0.25, 0.3) is 0 Å². The highest BCUT2D eigenvalue weighted by molar-refractivity contribution is 7.92. The van der Waals surface area contributed by atoms with Gasteiger partial charge in [0.15, 0.2) is 5.82 Å². The maximum atomic E-state index is 12.0. The number of nitrogens with zero attached hydrogens (tertiary/aromatic N) is 3. The predicted molar refractivity (Wildman–Crippen MR) is 62.7 cm³/mol. The number of nitrogens with one attached hydrogen (secondary N) is 1. The second kappa shape index (κ2) is 4.06. The van der Waals surface area contributed by atoms with E-state index in [0.29, 0.717) is 0 Å². The van der Waals surface area contributed by atoms with Crippen LogP contribution < -0.4 is 10.5 Å². The van der Waals surface area contributed by atoms with Crippen molar-refractivity contribution in [3.05, 3.63) is 30.6 Å². The maximum Gasteiger partial charge on any atom is 0.266 e. The summed E-state index contributed by atoms with van der Waals surface area (Å²) >= 11 is 0. The number of rotatable bonds is 3. The Hall–Kier alpha value is -2.09. The molecule has 17 heavy (non-hydrogen) atoms. The van der Waals surface area contributed by atoms with Gasteiger partial charge in [-0.1, -0.05) is 0 Å². The summed E-state index contributed by atoms with van der Waals surface area (Å²) < 4.78 is 27.7. The van der Waals surface area contributed by atoms with Crippen LogP contribution in [-0.2, 0) is 17.1 Å².